The number of aromatic nitrogens is 1. The van der Waals surface area contributed by atoms with E-state index in [1.807, 2.05) is 0 Å². The van der Waals surface area contributed by atoms with Crippen molar-refractivity contribution in [2.45, 2.75) is 26.3 Å². The monoisotopic (exact) mass is 402 g/mol. The number of urea groups is 1. The van der Waals surface area contributed by atoms with Crippen LogP contribution in [0, 0.1) is 18.7 Å². The second kappa shape index (κ2) is 9.65. The number of hydrogen-bond acceptors (Lipinski definition) is 5. The third-order valence-corrected chi connectivity index (χ3v) is 5.20. The highest BCUT2D eigenvalue weighted by atomic mass is 19.1. The van der Waals surface area contributed by atoms with Crippen LogP contribution in [-0.4, -0.2) is 59.8 Å². The Hall–Kier alpha value is -2.74. The van der Waals surface area contributed by atoms with Gasteiger partial charge >= 0.3 is 6.03 Å². The molecule has 8 heteroatoms. The van der Waals surface area contributed by atoms with Crippen molar-refractivity contribution in [2.75, 3.05) is 33.2 Å². The topological polar surface area (TPSA) is 78.7 Å². The molecule has 156 valence electrons. The summed E-state index contributed by atoms with van der Waals surface area (Å²) in [6, 6.07) is 5.53. The number of carbonyl (C=O) groups is 2. The molecule has 0 atom stereocenters. The maximum absolute atomic E-state index is 13.0. The van der Waals surface area contributed by atoms with E-state index in [4.69, 9.17) is 4.42 Å². The zero-order valence-corrected chi connectivity index (χ0v) is 16.9. The molecule has 1 aromatic heterocycles. The largest absolute Gasteiger partial charge is 0.444 e. The first-order valence-corrected chi connectivity index (χ1v) is 9.82. The summed E-state index contributed by atoms with van der Waals surface area (Å²) < 4.78 is 18.3. The maximum Gasteiger partial charge on any atom is 0.317 e. The highest BCUT2D eigenvalue weighted by Gasteiger charge is 2.23. The zero-order chi connectivity index (χ0) is 20.8. The van der Waals surface area contributed by atoms with Gasteiger partial charge in [-0.05, 0) is 56.1 Å². The highest BCUT2D eigenvalue weighted by Crippen LogP contribution is 2.18. The van der Waals surface area contributed by atoms with Crippen LogP contribution >= 0.6 is 0 Å². The molecule has 1 aliphatic rings. The van der Waals surface area contributed by atoms with E-state index in [-0.39, 0.29) is 17.6 Å². The van der Waals surface area contributed by atoms with E-state index in [9.17, 15) is 14.0 Å². The molecule has 1 aliphatic heterocycles. The number of hydrogen-bond donors (Lipinski definition) is 1. The number of amides is 2. The Morgan fingerprint density at radius 2 is 1.97 bits per heavy atom. The fourth-order valence-electron chi connectivity index (χ4n) is 3.51. The molecule has 7 nitrogen and oxygen atoms in total. The number of aryl methyl sites for hydroxylation is 1. The second-order valence-corrected chi connectivity index (χ2v) is 7.53. The Kier molecular flexibility index (Phi) is 6.98. The fraction of sp³-hybridized carbons (Fsp3) is 0.476. The Morgan fingerprint density at radius 1 is 1.28 bits per heavy atom. The van der Waals surface area contributed by atoms with Gasteiger partial charge in [0, 0.05) is 26.1 Å². The molecule has 3 rings (SSSR count). The lowest BCUT2D eigenvalue weighted by atomic mass is 9.96. The van der Waals surface area contributed by atoms with Crippen molar-refractivity contribution < 1.29 is 18.4 Å². The zero-order valence-electron chi connectivity index (χ0n) is 16.9. The predicted molar refractivity (Wildman–Crippen MR) is 106 cm³/mol. The number of halogens is 1. The molecule has 1 fully saturated rings. The number of carbonyl (C=O) groups excluding carboxylic acids is 2. The van der Waals surface area contributed by atoms with E-state index in [0.717, 1.165) is 25.9 Å². The first kappa shape index (κ1) is 21.0. The van der Waals surface area contributed by atoms with Crippen molar-refractivity contribution in [3.63, 3.8) is 0 Å². The number of piperidine rings is 1. The normalized spacial score (nSPS) is 15.3. The molecule has 2 aromatic rings. The molecule has 2 heterocycles. The highest BCUT2D eigenvalue weighted by molar-refractivity contribution is 5.97. The Bertz CT molecular complexity index is 829. The number of ketones is 1. The number of benzene rings is 1. The Labute approximate surface area is 169 Å². The van der Waals surface area contributed by atoms with Crippen LogP contribution in [0.5, 0.6) is 0 Å². The van der Waals surface area contributed by atoms with Gasteiger partial charge in [0.2, 0.25) is 0 Å². The van der Waals surface area contributed by atoms with E-state index in [1.165, 1.54) is 24.3 Å². The van der Waals surface area contributed by atoms with Crippen LogP contribution < -0.4 is 5.32 Å². The van der Waals surface area contributed by atoms with Gasteiger partial charge in [-0.2, -0.15) is 0 Å². The van der Waals surface area contributed by atoms with Gasteiger partial charge in [-0.1, -0.05) is 0 Å². The number of oxazole rings is 1. The van der Waals surface area contributed by atoms with Crippen LogP contribution in [0.25, 0.3) is 0 Å². The average Bonchev–Trinajstić information content (AvgIpc) is 3.13. The van der Waals surface area contributed by atoms with Gasteiger partial charge in [0.15, 0.2) is 11.7 Å². The average molecular weight is 402 g/mol. The first-order valence-electron chi connectivity index (χ1n) is 9.82. The van der Waals surface area contributed by atoms with Gasteiger partial charge in [0.05, 0.1) is 19.3 Å². The molecule has 0 aliphatic carbocycles. The summed E-state index contributed by atoms with van der Waals surface area (Å²) in [5.41, 5.74) is 0.534. The summed E-state index contributed by atoms with van der Waals surface area (Å²) in [4.78, 5) is 32.4. The predicted octanol–water partition coefficient (Wildman–Crippen LogP) is 2.86. The van der Waals surface area contributed by atoms with Crippen LogP contribution in [0.15, 0.2) is 34.9 Å². The summed E-state index contributed by atoms with van der Waals surface area (Å²) in [6.45, 7) is 4.70. The molecular weight excluding hydrogens is 375 g/mol. The minimum absolute atomic E-state index is 0.00241. The Balaban J connectivity index is 1.38. The lowest BCUT2D eigenvalue weighted by Crippen LogP contribution is -2.43. The van der Waals surface area contributed by atoms with E-state index >= 15 is 0 Å². The SMILES string of the molecule is Cc1ncc(CNC(=O)N(C)CC2CCN(CC(=O)c3ccc(F)cc3)CC2)o1. The van der Waals surface area contributed by atoms with Crippen LogP contribution in [0.2, 0.25) is 0 Å². The van der Waals surface area contributed by atoms with Gasteiger partial charge < -0.3 is 14.6 Å². The van der Waals surface area contributed by atoms with Crippen LogP contribution in [0.3, 0.4) is 0 Å². The molecular formula is C21H27FN4O3. The van der Waals surface area contributed by atoms with Crippen molar-refractivity contribution in [1.82, 2.24) is 20.1 Å². The van der Waals surface area contributed by atoms with Gasteiger partial charge in [-0.25, -0.2) is 14.2 Å². The third kappa shape index (κ3) is 6.12. The van der Waals surface area contributed by atoms with Crippen molar-refractivity contribution >= 4 is 11.8 Å². The van der Waals surface area contributed by atoms with Gasteiger partial charge in [-0.15, -0.1) is 0 Å². The standard InChI is InChI=1S/C21H27FN4O3/c1-15-23-11-19(29-15)12-24-21(28)25(2)13-16-7-9-26(10-8-16)14-20(27)17-3-5-18(22)6-4-17/h3-6,11,16H,7-10,12-14H2,1-2H3,(H,24,28). The van der Waals surface area contributed by atoms with Gasteiger partial charge in [-0.3, -0.25) is 9.69 Å². The van der Waals surface area contributed by atoms with Gasteiger partial charge in [0.1, 0.15) is 11.6 Å². The smallest absolute Gasteiger partial charge is 0.317 e. The summed E-state index contributed by atoms with van der Waals surface area (Å²) in [6.07, 6.45) is 3.46. The van der Waals surface area contributed by atoms with E-state index in [2.05, 4.69) is 15.2 Å². The summed E-state index contributed by atoms with van der Waals surface area (Å²) in [5.74, 6) is 1.26. The van der Waals surface area contributed by atoms with Gasteiger partial charge in [0.25, 0.3) is 0 Å². The van der Waals surface area contributed by atoms with Crippen LogP contribution in [-0.2, 0) is 6.54 Å². The third-order valence-electron chi connectivity index (χ3n) is 5.20. The molecule has 0 bridgehead atoms. The molecule has 0 radical (unpaired) electrons. The maximum atomic E-state index is 13.0. The summed E-state index contributed by atoms with van der Waals surface area (Å²) in [5, 5.41) is 2.83. The summed E-state index contributed by atoms with van der Waals surface area (Å²) in [7, 11) is 1.78. The van der Waals surface area contributed by atoms with Crippen molar-refractivity contribution in [1.29, 1.82) is 0 Å². The molecule has 1 N–H and O–H groups in total. The van der Waals surface area contributed by atoms with E-state index < -0.39 is 0 Å². The molecule has 1 saturated heterocycles. The van der Waals surface area contributed by atoms with Crippen molar-refractivity contribution in [2.24, 2.45) is 5.92 Å². The molecule has 1 aromatic carbocycles. The minimum atomic E-state index is -0.341. The lowest BCUT2D eigenvalue weighted by Gasteiger charge is -2.33. The van der Waals surface area contributed by atoms with Crippen molar-refractivity contribution in [3.8, 4) is 0 Å². The molecule has 0 spiro atoms. The van der Waals surface area contributed by atoms with E-state index in [0.29, 0.717) is 42.8 Å². The molecule has 2 amide bonds. The second-order valence-electron chi connectivity index (χ2n) is 7.53. The quantitative estimate of drug-likeness (QED) is 0.721. The number of rotatable bonds is 7. The minimum Gasteiger partial charge on any atom is -0.444 e. The fourth-order valence-corrected chi connectivity index (χ4v) is 3.51. The summed E-state index contributed by atoms with van der Waals surface area (Å²) >= 11 is 0. The van der Waals surface area contributed by atoms with Crippen molar-refractivity contribution in [3.05, 3.63) is 53.5 Å². The number of nitrogens with one attached hydrogen (secondary N) is 1. The number of nitrogens with zero attached hydrogens (tertiary/aromatic N) is 3. The number of Topliss-reactive ketones (excluding diaryl/α,β-unsaturated/α-hetero) is 1. The molecule has 29 heavy (non-hydrogen) atoms. The number of likely N-dealkylation sites (tertiary alicyclic amines) is 1. The molecule has 0 saturated carbocycles. The lowest BCUT2D eigenvalue weighted by molar-refractivity contribution is 0.0886. The Morgan fingerprint density at radius 3 is 2.59 bits per heavy atom. The molecule has 0 unspecified atom stereocenters. The van der Waals surface area contributed by atoms with E-state index in [1.54, 1.807) is 25.1 Å². The van der Waals surface area contributed by atoms with Crippen LogP contribution in [0.4, 0.5) is 9.18 Å². The van der Waals surface area contributed by atoms with Crippen LogP contribution in [0.1, 0.15) is 34.9 Å². The first-order chi connectivity index (χ1) is 13.9.